The van der Waals surface area contributed by atoms with Gasteiger partial charge in [0.2, 0.25) is 0 Å². The first-order chi connectivity index (χ1) is 11.3. The van der Waals surface area contributed by atoms with E-state index in [1.54, 1.807) is 0 Å². The molecule has 2 atom stereocenters. The number of ether oxygens (including phenoxy) is 1. The van der Waals surface area contributed by atoms with E-state index < -0.39 is 5.60 Å². The summed E-state index contributed by atoms with van der Waals surface area (Å²) in [7, 11) is 2.19. The summed E-state index contributed by atoms with van der Waals surface area (Å²) in [5.41, 5.74) is -0.423. The highest BCUT2D eigenvalue weighted by Gasteiger charge is 2.45. The first kappa shape index (κ1) is 17.3. The van der Waals surface area contributed by atoms with Crippen LogP contribution in [0.5, 0.6) is 0 Å². The third-order valence-corrected chi connectivity index (χ3v) is 5.18. The first-order valence-corrected chi connectivity index (χ1v) is 9.02. The highest BCUT2D eigenvalue weighted by molar-refractivity contribution is 5.69. The Kier molecular flexibility index (Phi) is 4.85. The van der Waals surface area contributed by atoms with Gasteiger partial charge in [-0.2, -0.15) is 5.10 Å². The third-order valence-electron chi connectivity index (χ3n) is 5.18. The predicted octanol–water partition coefficient (Wildman–Crippen LogP) is 2.75. The molecule has 2 aliphatic rings. The van der Waals surface area contributed by atoms with Crippen molar-refractivity contribution in [3.63, 3.8) is 0 Å². The summed E-state index contributed by atoms with van der Waals surface area (Å²) in [6.45, 7) is 7.69. The number of fused-ring (bicyclic) bond motifs is 2. The van der Waals surface area contributed by atoms with E-state index in [0.29, 0.717) is 18.1 Å². The molecule has 2 bridgehead atoms. The largest absolute Gasteiger partial charge is 0.444 e. The standard InChI is InChI=1S/C18H30N4O2/c1-18(2,3)24-17(23)22-14-6-7-15(22)13-16(12-14)20(4)10-11-21-9-5-8-19-21/h5,8-9,14-16H,6-7,10-13H2,1-4H3. The molecule has 0 aromatic carbocycles. The molecule has 0 saturated carbocycles. The molecule has 6 nitrogen and oxygen atoms in total. The van der Waals surface area contributed by atoms with Crippen molar-refractivity contribution in [1.29, 1.82) is 0 Å². The Morgan fingerprint density at radius 2 is 1.96 bits per heavy atom. The van der Waals surface area contributed by atoms with E-state index in [-0.39, 0.29) is 6.09 Å². The molecule has 1 amide bonds. The number of aromatic nitrogens is 2. The lowest BCUT2D eigenvalue weighted by Gasteiger charge is -2.42. The molecule has 3 rings (SSSR count). The molecule has 134 valence electrons. The first-order valence-electron chi connectivity index (χ1n) is 9.02. The Labute approximate surface area is 144 Å². The van der Waals surface area contributed by atoms with Gasteiger partial charge in [-0.25, -0.2) is 4.79 Å². The number of nitrogens with zero attached hydrogens (tertiary/aromatic N) is 4. The minimum atomic E-state index is -0.423. The van der Waals surface area contributed by atoms with Gasteiger partial charge in [0.1, 0.15) is 5.60 Å². The topological polar surface area (TPSA) is 50.6 Å². The minimum Gasteiger partial charge on any atom is -0.444 e. The van der Waals surface area contributed by atoms with Crippen LogP contribution >= 0.6 is 0 Å². The summed E-state index contributed by atoms with van der Waals surface area (Å²) in [5, 5.41) is 4.27. The van der Waals surface area contributed by atoms with Crippen LogP contribution in [0.15, 0.2) is 18.5 Å². The molecule has 1 aromatic rings. The number of likely N-dealkylation sites (N-methyl/N-ethyl adjacent to an activating group) is 1. The van der Waals surface area contributed by atoms with Gasteiger partial charge in [0.25, 0.3) is 0 Å². The Balaban J connectivity index is 1.55. The van der Waals surface area contributed by atoms with E-state index in [0.717, 1.165) is 38.8 Å². The highest BCUT2D eigenvalue weighted by atomic mass is 16.6. The van der Waals surface area contributed by atoms with Gasteiger partial charge in [0, 0.05) is 37.1 Å². The zero-order valence-corrected chi connectivity index (χ0v) is 15.3. The predicted molar refractivity (Wildman–Crippen MR) is 92.8 cm³/mol. The van der Waals surface area contributed by atoms with Crippen LogP contribution in [0.3, 0.4) is 0 Å². The van der Waals surface area contributed by atoms with Crippen LogP contribution in [0.1, 0.15) is 46.5 Å². The fourth-order valence-corrected chi connectivity index (χ4v) is 4.00. The zero-order chi connectivity index (χ0) is 17.3. The molecule has 24 heavy (non-hydrogen) atoms. The van der Waals surface area contributed by atoms with Gasteiger partial charge in [-0.05, 0) is 59.6 Å². The van der Waals surface area contributed by atoms with Crippen molar-refractivity contribution < 1.29 is 9.53 Å². The molecule has 0 N–H and O–H groups in total. The highest BCUT2D eigenvalue weighted by Crippen LogP contribution is 2.38. The fourth-order valence-electron chi connectivity index (χ4n) is 4.00. The maximum Gasteiger partial charge on any atom is 0.410 e. The molecule has 1 aromatic heterocycles. The van der Waals surface area contributed by atoms with Gasteiger partial charge in [-0.15, -0.1) is 0 Å². The second-order valence-electron chi connectivity index (χ2n) is 8.15. The van der Waals surface area contributed by atoms with Crippen LogP contribution in [0, 0.1) is 0 Å². The Morgan fingerprint density at radius 3 is 2.50 bits per heavy atom. The molecule has 6 heteroatoms. The SMILES string of the molecule is CN(CCn1cccn1)C1CC2CCC(C1)N2C(=O)OC(C)(C)C. The molecule has 2 unspecified atom stereocenters. The van der Waals surface area contributed by atoms with Crippen LogP contribution in [-0.4, -0.2) is 63.0 Å². The summed E-state index contributed by atoms with van der Waals surface area (Å²) >= 11 is 0. The zero-order valence-electron chi connectivity index (χ0n) is 15.3. The molecule has 2 aliphatic heterocycles. The number of rotatable bonds is 4. The molecular formula is C18H30N4O2. The van der Waals surface area contributed by atoms with Crippen molar-refractivity contribution >= 4 is 6.09 Å². The number of hydrogen-bond donors (Lipinski definition) is 0. The van der Waals surface area contributed by atoms with E-state index >= 15 is 0 Å². The lowest BCUT2D eigenvalue weighted by atomic mass is 9.96. The van der Waals surface area contributed by atoms with E-state index in [2.05, 4.69) is 17.0 Å². The van der Waals surface area contributed by atoms with Crippen LogP contribution in [0.4, 0.5) is 4.79 Å². The third kappa shape index (κ3) is 3.91. The molecule has 0 spiro atoms. The average molecular weight is 334 g/mol. The molecule has 2 fully saturated rings. The Morgan fingerprint density at radius 1 is 1.29 bits per heavy atom. The van der Waals surface area contributed by atoms with E-state index in [1.165, 1.54) is 0 Å². The molecule has 0 radical (unpaired) electrons. The maximum atomic E-state index is 12.5. The van der Waals surface area contributed by atoms with Gasteiger partial charge in [0.15, 0.2) is 0 Å². The maximum absolute atomic E-state index is 12.5. The Bertz CT molecular complexity index is 538. The minimum absolute atomic E-state index is 0.132. The quantitative estimate of drug-likeness (QED) is 0.849. The summed E-state index contributed by atoms with van der Waals surface area (Å²) in [5.74, 6) is 0. The van der Waals surface area contributed by atoms with Crippen LogP contribution < -0.4 is 0 Å². The molecule has 0 aliphatic carbocycles. The van der Waals surface area contributed by atoms with Crippen molar-refractivity contribution in [2.45, 2.75) is 76.7 Å². The van der Waals surface area contributed by atoms with E-state index in [9.17, 15) is 4.79 Å². The van der Waals surface area contributed by atoms with Crippen LogP contribution in [-0.2, 0) is 11.3 Å². The molecular weight excluding hydrogens is 304 g/mol. The van der Waals surface area contributed by atoms with Crippen molar-refractivity contribution in [3.8, 4) is 0 Å². The number of piperidine rings is 1. The van der Waals surface area contributed by atoms with Crippen LogP contribution in [0.2, 0.25) is 0 Å². The average Bonchev–Trinajstić information content (AvgIpc) is 3.09. The van der Waals surface area contributed by atoms with Crippen molar-refractivity contribution in [2.75, 3.05) is 13.6 Å². The second kappa shape index (κ2) is 6.75. The fraction of sp³-hybridized carbons (Fsp3) is 0.778. The smallest absolute Gasteiger partial charge is 0.410 e. The van der Waals surface area contributed by atoms with Crippen molar-refractivity contribution in [1.82, 2.24) is 19.6 Å². The number of carbonyl (C=O) groups excluding carboxylic acids is 1. The van der Waals surface area contributed by atoms with Gasteiger partial charge >= 0.3 is 6.09 Å². The monoisotopic (exact) mass is 334 g/mol. The number of hydrogen-bond acceptors (Lipinski definition) is 4. The van der Waals surface area contributed by atoms with Gasteiger partial charge < -0.3 is 14.5 Å². The summed E-state index contributed by atoms with van der Waals surface area (Å²) < 4.78 is 7.59. The number of carbonyl (C=O) groups is 1. The summed E-state index contributed by atoms with van der Waals surface area (Å²) in [6, 6.07) is 3.16. The summed E-state index contributed by atoms with van der Waals surface area (Å²) in [4.78, 5) is 17.0. The Hall–Kier alpha value is -1.56. The lowest BCUT2D eigenvalue weighted by molar-refractivity contribution is -0.00241. The van der Waals surface area contributed by atoms with E-state index in [1.807, 2.05) is 48.8 Å². The normalized spacial score (nSPS) is 26.9. The second-order valence-corrected chi connectivity index (χ2v) is 8.15. The van der Waals surface area contributed by atoms with Gasteiger partial charge in [0.05, 0.1) is 6.54 Å². The molecule has 2 saturated heterocycles. The summed E-state index contributed by atoms with van der Waals surface area (Å²) in [6.07, 6.45) is 7.99. The van der Waals surface area contributed by atoms with Gasteiger partial charge in [-0.1, -0.05) is 0 Å². The lowest BCUT2D eigenvalue weighted by Crippen LogP contribution is -2.53. The molecule has 3 heterocycles. The van der Waals surface area contributed by atoms with Crippen molar-refractivity contribution in [2.24, 2.45) is 0 Å². The van der Waals surface area contributed by atoms with E-state index in [4.69, 9.17) is 4.74 Å². The van der Waals surface area contributed by atoms with Gasteiger partial charge in [-0.3, -0.25) is 4.68 Å². The number of amides is 1. The van der Waals surface area contributed by atoms with Crippen molar-refractivity contribution in [3.05, 3.63) is 18.5 Å². The van der Waals surface area contributed by atoms with Crippen LogP contribution in [0.25, 0.3) is 0 Å².